The lowest BCUT2D eigenvalue weighted by Crippen LogP contribution is -2.25. The number of hydrogen-bond acceptors (Lipinski definition) is 2. The molecule has 0 aromatic carbocycles. The van der Waals surface area contributed by atoms with Crippen LogP contribution in [0.25, 0.3) is 0 Å². The van der Waals surface area contributed by atoms with Crippen LogP contribution in [-0.2, 0) is 0 Å². The molecule has 0 aromatic rings. The zero-order valence-electron chi connectivity index (χ0n) is 6.88. The van der Waals surface area contributed by atoms with E-state index in [2.05, 4.69) is 13.2 Å². The molecule has 0 bridgehead atoms. The fourth-order valence-corrected chi connectivity index (χ4v) is 0.707. The van der Waals surface area contributed by atoms with Gasteiger partial charge in [-0.1, -0.05) is 30.9 Å². The lowest BCUT2D eigenvalue weighted by atomic mass is 10.1. The molecule has 0 aliphatic rings. The number of rotatable bonds is 4. The van der Waals surface area contributed by atoms with E-state index in [0.29, 0.717) is 0 Å². The maximum atomic E-state index is 8.71. The van der Waals surface area contributed by atoms with E-state index < -0.39 is 0 Å². The minimum Gasteiger partial charge on any atom is -0.394 e. The van der Waals surface area contributed by atoms with Crippen molar-refractivity contribution in [3.05, 3.63) is 36.5 Å². The van der Waals surface area contributed by atoms with E-state index in [-0.39, 0.29) is 12.6 Å². The van der Waals surface area contributed by atoms with Crippen LogP contribution in [0.3, 0.4) is 0 Å². The molecule has 0 aliphatic carbocycles. The molecule has 62 valence electrons. The minimum atomic E-state index is -0.343. The summed E-state index contributed by atoms with van der Waals surface area (Å²) in [7, 11) is 0. The van der Waals surface area contributed by atoms with Gasteiger partial charge < -0.3 is 10.8 Å². The first kappa shape index (κ1) is 10.1. The molecule has 0 radical (unpaired) electrons. The summed E-state index contributed by atoms with van der Waals surface area (Å²) in [6.45, 7) is 9.09. The van der Waals surface area contributed by atoms with Crippen LogP contribution in [0, 0.1) is 0 Å². The summed E-state index contributed by atoms with van der Waals surface area (Å²) in [5, 5.41) is 8.71. The molecule has 0 saturated heterocycles. The fourth-order valence-electron chi connectivity index (χ4n) is 0.707. The van der Waals surface area contributed by atoms with Crippen molar-refractivity contribution in [3.63, 3.8) is 0 Å². The summed E-state index contributed by atoms with van der Waals surface area (Å²) in [6.07, 6.45) is 3.45. The molecule has 1 atom stereocenters. The third-order valence-electron chi connectivity index (χ3n) is 1.27. The Morgan fingerprint density at radius 3 is 2.55 bits per heavy atom. The Kier molecular flexibility index (Phi) is 4.50. The van der Waals surface area contributed by atoms with E-state index in [9.17, 15) is 0 Å². The highest BCUT2D eigenvalue weighted by molar-refractivity contribution is 5.30. The van der Waals surface area contributed by atoms with Crippen LogP contribution in [0.2, 0.25) is 0 Å². The molecular weight excluding hydrogens is 138 g/mol. The van der Waals surface area contributed by atoms with Gasteiger partial charge in [0.1, 0.15) is 0 Å². The quantitative estimate of drug-likeness (QED) is 0.592. The summed E-state index contributed by atoms with van der Waals surface area (Å²) < 4.78 is 0. The topological polar surface area (TPSA) is 46.2 Å². The predicted octanol–water partition coefficient (Wildman–Crippen LogP) is 0.994. The van der Waals surface area contributed by atoms with E-state index >= 15 is 0 Å². The van der Waals surface area contributed by atoms with Crippen molar-refractivity contribution < 1.29 is 5.11 Å². The van der Waals surface area contributed by atoms with Gasteiger partial charge in [-0.15, -0.1) is 0 Å². The molecule has 11 heavy (non-hydrogen) atoms. The van der Waals surface area contributed by atoms with Crippen molar-refractivity contribution in [3.8, 4) is 0 Å². The molecule has 2 nitrogen and oxygen atoms in total. The first-order valence-electron chi connectivity index (χ1n) is 3.47. The predicted molar refractivity (Wildman–Crippen MR) is 48.2 cm³/mol. The van der Waals surface area contributed by atoms with Gasteiger partial charge in [-0.3, -0.25) is 0 Å². The molecule has 1 unspecified atom stereocenters. The van der Waals surface area contributed by atoms with Crippen LogP contribution in [0.15, 0.2) is 36.5 Å². The average molecular weight is 153 g/mol. The van der Waals surface area contributed by atoms with Crippen molar-refractivity contribution in [1.82, 2.24) is 0 Å². The van der Waals surface area contributed by atoms with Gasteiger partial charge in [0.2, 0.25) is 0 Å². The van der Waals surface area contributed by atoms with Crippen molar-refractivity contribution in [1.29, 1.82) is 0 Å². The molecule has 0 saturated carbocycles. The Hall–Kier alpha value is -0.860. The maximum Gasteiger partial charge on any atom is 0.0624 e. The SMILES string of the molecule is C=C/C(=C\C(=C)C)C(N)CO. The fraction of sp³-hybridized carbons (Fsp3) is 0.333. The van der Waals surface area contributed by atoms with Crippen molar-refractivity contribution in [2.24, 2.45) is 5.73 Å². The van der Waals surface area contributed by atoms with Gasteiger partial charge in [-0.2, -0.15) is 0 Å². The third kappa shape index (κ3) is 3.75. The lowest BCUT2D eigenvalue weighted by Gasteiger charge is -2.08. The Labute approximate surface area is 67.7 Å². The van der Waals surface area contributed by atoms with Crippen LogP contribution in [0.5, 0.6) is 0 Å². The zero-order valence-corrected chi connectivity index (χ0v) is 6.88. The number of aliphatic hydroxyl groups excluding tert-OH is 1. The number of nitrogens with two attached hydrogens (primary N) is 1. The van der Waals surface area contributed by atoms with Crippen molar-refractivity contribution in [2.45, 2.75) is 13.0 Å². The molecule has 0 amide bonds. The second-order valence-electron chi connectivity index (χ2n) is 2.48. The normalized spacial score (nSPS) is 14.3. The summed E-state index contributed by atoms with van der Waals surface area (Å²) >= 11 is 0. The third-order valence-corrected chi connectivity index (χ3v) is 1.27. The second-order valence-corrected chi connectivity index (χ2v) is 2.48. The largest absolute Gasteiger partial charge is 0.394 e. The Morgan fingerprint density at radius 1 is 1.73 bits per heavy atom. The number of hydrogen-bond donors (Lipinski definition) is 2. The monoisotopic (exact) mass is 153 g/mol. The van der Waals surface area contributed by atoms with E-state index in [1.54, 1.807) is 6.08 Å². The molecule has 0 fully saturated rings. The van der Waals surface area contributed by atoms with Crippen LogP contribution < -0.4 is 5.73 Å². The highest BCUT2D eigenvalue weighted by atomic mass is 16.3. The molecule has 0 heterocycles. The molecule has 2 heteroatoms. The molecule has 0 aliphatic heterocycles. The van der Waals surface area contributed by atoms with Crippen molar-refractivity contribution in [2.75, 3.05) is 6.61 Å². The summed E-state index contributed by atoms with van der Waals surface area (Å²) in [5.74, 6) is 0. The highest BCUT2D eigenvalue weighted by Gasteiger charge is 2.02. The smallest absolute Gasteiger partial charge is 0.0624 e. The summed E-state index contributed by atoms with van der Waals surface area (Å²) in [4.78, 5) is 0. The van der Waals surface area contributed by atoms with Crippen LogP contribution in [0.1, 0.15) is 6.92 Å². The van der Waals surface area contributed by atoms with Gasteiger partial charge in [-0.25, -0.2) is 0 Å². The summed E-state index contributed by atoms with van der Waals surface area (Å²) in [6, 6.07) is -0.343. The van der Waals surface area contributed by atoms with Gasteiger partial charge in [0, 0.05) is 0 Å². The first-order valence-corrected chi connectivity index (χ1v) is 3.47. The lowest BCUT2D eigenvalue weighted by molar-refractivity contribution is 0.281. The summed E-state index contributed by atoms with van der Waals surface area (Å²) in [5.41, 5.74) is 7.27. The number of allylic oxidation sites excluding steroid dienone is 2. The maximum absolute atomic E-state index is 8.71. The van der Waals surface area contributed by atoms with Gasteiger partial charge >= 0.3 is 0 Å². The molecule has 3 N–H and O–H groups in total. The van der Waals surface area contributed by atoms with Crippen LogP contribution in [0.4, 0.5) is 0 Å². The Morgan fingerprint density at radius 2 is 2.27 bits per heavy atom. The Bertz CT molecular complexity index is 182. The second kappa shape index (κ2) is 4.88. The number of aliphatic hydroxyl groups is 1. The van der Waals surface area contributed by atoms with Crippen LogP contribution >= 0.6 is 0 Å². The van der Waals surface area contributed by atoms with Gasteiger partial charge in [-0.05, 0) is 12.5 Å². The molecule has 0 aromatic heterocycles. The highest BCUT2D eigenvalue weighted by Crippen LogP contribution is 2.04. The van der Waals surface area contributed by atoms with E-state index in [4.69, 9.17) is 10.8 Å². The average Bonchev–Trinajstić information content (AvgIpc) is 1.98. The Balaban J connectivity index is 4.38. The van der Waals surface area contributed by atoms with E-state index in [1.165, 1.54) is 0 Å². The minimum absolute atomic E-state index is 0.0644. The first-order chi connectivity index (χ1) is 5.11. The van der Waals surface area contributed by atoms with Gasteiger partial charge in [0.25, 0.3) is 0 Å². The van der Waals surface area contributed by atoms with E-state index in [0.717, 1.165) is 11.1 Å². The van der Waals surface area contributed by atoms with E-state index in [1.807, 2.05) is 13.0 Å². The van der Waals surface area contributed by atoms with Crippen molar-refractivity contribution >= 4 is 0 Å². The molecule has 0 rings (SSSR count). The van der Waals surface area contributed by atoms with Gasteiger partial charge in [0.05, 0.1) is 12.6 Å². The van der Waals surface area contributed by atoms with Crippen LogP contribution in [-0.4, -0.2) is 17.8 Å². The standard InChI is InChI=1S/C9H15NO/c1-4-8(5-7(2)3)9(10)6-11/h4-5,9,11H,1-2,6,10H2,3H3/b8-5+. The molecular formula is C9H15NO. The molecule has 0 spiro atoms. The van der Waals surface area contributed by atoms with Gasteiger partial charge in [0.15, 0.2) is 0 Å². The zero-order chi connectivity index (χ0) is 8.85.